The molecule has 0 aliphatic rings. The van der Waals surface area contributed by atoms with Crippen molar-refractivity contribution in [1.82, 2.24) is 0 Å². The normalized spacial score (nSPS) is 12.2. The van der Waals surface area contributed by atoms with Gasteiger partial charge in [-0.25, -0.2) is 4.79 Å². The van der Waals surface area contributed by atoms with Gasteiger partial charge in [0.2, 0.25) is 0 Å². The van der Waals surface area contributed by atoms with E-state index >= 15 is 0 Å². The van der Waals surface area contributed by atoms with E-state index in [1.807, 2.05) is 19.1 Å². The highest BCUT2D eigenvalue weighted by Crippen LogP contribution is 2.27. The van der Waals surface area contributed by atoms with Gasteiger partial charge in [0.05, 0.1) is 18.8 Å². The molecule has 0 heterocycles. The Morgan fingerprint density at radius 2 is 2.00 bits per heavy atom. The van der Waals surface area contributed by atoms with Crippen molar-refractivity contribution in [2.24, 2.45) is 0 Å². The molecule has 0 saturated carbocycles. The molecule has 0 N–H and O–H groups in total. The molecule has 1 rings (SSSR count). The number of hydrogen-bond acceptors (Lipinski definition) is 3. The summed E-state index contributed by atoms with van der Waals surface area (Å²) >= 11 is 0. The van der Waals surface area contributed by atoms with Crippen molar-refractivity contribution in [1.29, 1.82) is 0 Å². The molecule has 1 aromatic carbocycles. The minimum atomic E-state index is -0.301. The number of aryl methyl sites for hydroxylation is 1. The summed E-state index contributed by atoms with van der Waals surface area (Å²) in [6.07, 6.45) is 4.57. The SMILES string of the molecule is CCCCCC(OC)c1cc(C(=O)OC)ccc1C. The summed E-state index contributed by atoms with van der Waals surface area (Å²) in [6, 6.07) is 5.64. The Balaban J connectivity index is 2.91. The first-order valence-electron chi connectivity index (χ1n) is 6.85. The van der Waals surface area contributed by atoms with E-state index in [4.69, 9.17) is 9.47 Å². The molecule has 19 heavy (non-hydrogen) atoms. The van der Waals surface area contributed by atoms with Crippen molar-refractivity contribution in [3.05, 3.63) is 34.9 Å². The van der Waals surface area contributed by atoms with Crippen molar-refractivity contribution in [2.45, 2.75) is 45.6 Å². The summed E-state index contributed by atoms with van der Waals surface area (Å²) in [5, 5.41) is 0. The van der Waals surface area contributed by atoms with Gasteiger partial charge in [0.15, 0.2) is 0 Å². The minimum Gasteiger partial charge on any atom is -0.465 e. The van der Waals surface area contributed by atoms with Crippen LogP contribution in [0.25, 0.3) is 0 Å². The van der Waals surface area contributed by atoms with Gasteiger partial charge in [-0.15, -0.1) is 0 Å². The zero-order valence-corrected chi connectivity index (χ0v) is 12.4. The number of carbonyl (C=O) groups excluding carboxylic acids is 1. The predicted octanol–water partition coefficient (Wildman–Crippen LogP) is 4.05. The first kappa shape index (κ1) is 15.7. The minimum absolute atomic E-state index is 0.0520. The van der Waals surface area contributed by atoms with Gasteiger partial charge >= 0.3 is 5.97 Å². The van der Waals surface area contributed by atoms with Crippen molar-refractivity contribution in [3.8, 4) is 0 Å². The second kappa shape index (κ2) is 7.95. The Kier molecular flexibility index (Phi) is 6.57. The molecule has 0 aliphatic heterocycles. The van der Waals surface area contributed by atoms with Crippen LogP contribution in [-0.2, 0) is 9.47 Å². The Morgan fingerprint density at radius 3 is 2.58 bits per heavy atom. The first-order chi connectivity index (χ1) is 9.13. The number of hydrogen-bond donors (Lipinski definition) is 0. The van der Waals surface area contributed by atoms with Crippen LogP contribution in [0.5, 0.6) is 0 Å². The lowest BCUT2D eigenvalue weighted by Gasteiger charge is -2.18. The van der Waals surface area contributed by atoms with E-state index < -0.39 is 0 Å². The van der Waals surface area contributed by atoms with Gasteiger partial charge in [-0.05, 0) is 36.6 Å². The number of benzene rings is 1. The summed E-state index contributed by atoms with van der Waals surface area (Å²) < 4.78 is 10.3. The molecule has 0 spiro atoms. The maximum atomic E-state index is 11.6. The van der Waals surface area contributed by atoms with Crippen LogP contribution in [0.1, 0.15) is 60.2 Å². The second-order valence-corrected chi connectivity index (χ2v) is 4.78. The largest absolute Gasteiger partial charge is 0.465 e. The van der Waals surface area contributed by atoms with Crippen molar-refractivity contribution in [2.75, 3.05) is 14.2 Å². The number of methoxy groups -OCH3 is 2. The molecular formula is C16H24O3. The molecule has 1 unspecified atom stereocenters. The van der Waals surface area contributed by atoms with Gasteiger partial charge < -0.3 is 9.47 Å². The molecule has 0 bridgehead atoms. The fourth-order valence-electron chi connectivity index (χ4n) is 2.21. The maximum Gasteiger partial charge on any atom is 0.337 e. The Morgan fingerprint density at radius 1 is 1.26 bits per heavy atom. The number of unbranched alkanes of at least 4 members (excludes halogenated alkanes) is 2. The standard InChI is InChI=1S/C16H24O3/c1-5-6-7-8-15(18-3)14-11-13(16(17)19-4)10-9-12(14)2/h9-11,15H,5-8H2,1-4H3. The lowest BCUT2D eigenvalue weighted by atomic mass is 9.96. The van der Waals surface area contributed by atoms with E-state index in [1.165, 1.54) is 20.0 Å². The van der Waals surface area contributed by atoms with Gasteiger partial charge in [-0.3, -0.25) is 0 Å². The molecule has 1 atom stereocenters. The van der Waals surface area contributed by atoms with Crippen LogP contribution in [0, 0.1) is 6.92 Å². The molecule has 0 fully saturated rings. The van der Waals surface area contributed by atoms with Crippen LogP contribution in [0.4, 0.5) is 0 Å². The van der Waals surface area contributed by atoms with Gasteiger partial charge in [-0.1, -0.05) is 32.3 Å². The summed E-state index contributed by atoms with van der Waals surface area (Å²) in [4.78, 5) is 11.6. The number of ether oxygens (including phenoxy) is 2. The van der Waals surface area contributed by atoms with Crippen LogP contribution in [0.2, 0.25) is 0 Å². The van der Waals surface area contributed by atoms with E-state index in [0.717, 1.165) is 24.0 Å². The average Bonchev–Trinajstić information content (AvgIpc) is 2.44. The van der Waals surface area contributed by atoms with Gasteiger partial charge in [0, 0.05) is 7.11 Å². The highest BCUT2D eigenvalue weighted by Gasteiger charge is 2.15. The Bertz CT molecular complexity index is 412. The Hall–Kier alpha value is -1.35. The fraction of sp³-hybridized carbons (Fsp3) is 0.562. The smallest absolute Gasteiger partial charge is 0.337 e. The van der Waals surface area contributed by atoms with Crippen LogP contribution in [0.15, 0.2) is 18.2 Å². The zero-order chi connectivity index (χ0) is 14.3. The van der Waals surface area contributed by atoms with E-state index in [2.05, 4.69) is 6.92 Å². The maximum absolute atomic E-state index is 11.6. The molecule has 0 saturated heterocycles. The van der Waals surface area contributed by atoms with Crippen LogP contribution < -0.4 is 0 Å². The van der Waals surface area contributed by atoms with Gasteiger partial charge in [0.1, 0.15) is 0 Å². The third kappa shape index (κ3) is 4.35. The van der Waals surface area contributed by atoms with E-state index in [-0.39, 0.29) is 12.1 Å². The summed E-state index contributed by atoms with van der Waals surface area (Å²) in [5.41, 5.74) is 2.82. The molecule has 0 amide bonds. The summed E-state index contributed by atoms with van der Waals surface area (Å²) in [6.45, 7) is 4.23. The van der Waals surface area contributed by atoms with Crippen LogP contribution in [0.3, 0.4) is 0 Å². The van der Waals surface area contributed by atoms with Crippen molar-refractivity contribution < 1.29 is 14.3 Å². The van der Waals surface area contributed by atoms with E-state index in [1.54, 1.807) is 13.2 Å². The Labute approximate surface area is 115 Å². The van der Waals surface area contributed by atoms with Crippen molar-refractivity contribution in [3.63, 3.8) is 0 Å². The van der Waals surface area contributed by atoms with Crippen LogP contribution in [-0.4, -0.2) is 20.2 Å². The predicted molar refractivity (Wildman–Crippen MR) is 76.4 cm³/mol. The first-order valence-corrected chi connectivity index (χ1v) is 6.85. The third-order valence-corrected chi connectivity index (χ3v) is 3.40. The molecule has 106 valence electrons. The third-order valence-electron chi connectivity index (χ3n) is 3.40. The van der Waals surface area contributed by atoms with Gasteiger partial charge in [0.25, 0.3) is 0 Å². The molecule has 0 radical (unpaired) electrons. The van der Waals surface area contributed by atoms with Crippen LogP contribution >= 0.6 is 0 Å². The highest BCUT2D eigenvalue weighted by molar-refractivity contribution is 5.89. The highest BCUT2D eigenvalue weighted by atomic mass is 16.5. The molecule has 0 aliphatic carbocycles. The molecule has 1 aromatic rings. The quantitative estimate of drug-likeness (QED) is 0.550. The summed E-state index contributed by atoms with van der Waals surface area (Å²) in [5.74, 6) is -0.301. The monoisotopic (exact) mass is 264 g/mol. The van der Waals surface area contributed by atoms with E-state index in [0.29, 0.717) is 5.56 Å². The summed E-state index contributed by atoms with van der Waals surface area (Å²) in [7, 11) is 3.12. The number of rotatable bonds is 7. The molecule has 0 aromatic heterocycles. The second-order valence-electron chi connectivity index (χ2n) is 4.78. The number of esters is 1. The lowest BCUT2D eigenvalue weighted by Crippen LogP contribution is -2.07. The molecule has 3 nitrogen and oxygen atoms in total. The fourth-order valence-corrected chi connectivity index (χ4v) is 2.21. The zero-order valence-electron chi connectivity index (χ0n) is 12.4. The molecule has 3 heteroatoms. The topological polar surface area (TPSA) is 35.5 Å². The lowest BCUT2D eigenvalue weighted by molar-refractivity contribution is 0.0599. The van der Waals surface area contributed by atoms with E-state index in [9.17, 15) is 4.79 Å². The van der Waals surface area contributed by atoms with Crippen molar-refractivity contribution >= 4 is 5.97 Å². The average molecular weight is 264 g/mol. The number of carbonyl (C=O) groups is 1. The van der Waals surface area contributed by atoms with Gasteiger partial charge in [-0.2, -0.15) is 0 Å². The molecular weight excluding hydrogens is 240 g/mol.